The summed E-state index contributed by atoms with van der Waals surface area (Å²) in [5.74, 6) is 1.64. The molecule has 4 rings (SSSR count). The molecule has 0 bridgehead atoms. The second-order valence-electron chi connectivity index (χ2n) is 8.28. The summed E-state index contributed by atoms with van der Waals surface area (Å²) in [6.45, 7) is 4.16. The SMILES string of the molecule is CCC(C(=O)N1CCC2(CC1)SCCN2C(=O)COc1ccc(Cl)cc1)c1ccccc1. The molecule has 2 heterocycles. The van der Waals surface area contributed by atoms with Crippen LogP contribution in [0.2, 0.25) is 5.02 Å². The topological polar surface area (TPSA) is 49.9 Å². The van der Waals surface area contributed by atoms with Crippen molar-refractivity contribution in [1.29, 1.82) is 0 Å². The Morgan fingerprint density at radius 2 is 1.75 bits per heavy atom. The Bertz CT molecular complexity index is 930. The molecule has 1 atom stereocenters. The van der Waals surface area contributed by atoms with Gasteiger partial charge in [0.15, 0.2) is 6.61 Å². The Morgan fingerprint density at radius 1 is 1.06 bits per heavy atom. The molecule has 0 aliphatic carbocycles. The highest BCUT2D eigenvalue weighted by Gasteiger charge is 2.47. The maximum Gasteiger partial charge on any atom is 0.261 e. The zero-order valence-electron chi connectivity index (χ0n) is 18.3. The van der Waals surface area contributed by atoms with Crippen LogP contribution in [0, 0.1) is 0 Å². The quantitative estimate of drug-likeness (QED) is 0.605. The largest absolute Gasteiger partial charge is 0.484 e. The first-order chi connectivity index (χ1) is 15.5. The average molecular weight is 473 g/mol. The normalized spacial score (nSPS) is 18.6. The van der Waals surface area contributed by atoms with E-state index in [9.17, 15) is 9.59 Å². The number of hydrogen-bond donors (Lipinski definition) is 0. The minimum atomic E-state index is -0.230. The van der Waals surface area contributed by atoms with E-state index in [-0.39, 0.29) is 29.2 Å². The highest BCUT2D eigenvalue weighted by atomic mass is 35.5. The van der Waals surface area contributed by atoms with E-state index >= 15 is 0 Å². The molecule has 2 aliphatic heterocycles. The van der Waals surface area contributed by atoms with Gasteiger partial charge in [0.1, 0.15) is 5.75 Å². The summed E-state index contributed by atoms with van der Waals surface area (Å²) in [4.78, 5) is 30.0. The van der Waals surface area contributed by atoms with Crippen LogP contribution in [0.3, 0.4) is 0 Å². The van der Waals surface area contributed by atoms with Crippen LogP contribution in [-0.4, -0.2) is 58.5 Å². The van der Waals surface area contributed by atoms with Crippen LogP contribution in [0.25, 0.3) is 0 Å². The summed E-state index contributed by atoms with van der Waals surface area (Å²) in [6.07, 6.45) is 2.37. The standard InChI is InChI=1S/C25H29ClN2O3S/c1-2-22(19-6-4-3-5-7-19)24(30)27-14-12-25(13-15-27)28(16-17-32-25)23(29)18-31-21-10-8-20(26)9-11-21/h3-11,22H,2,12-18H2,1H3. The maximum atomic E-state index is 13.2. The molecule has 2 aromatic rings. The van der Waals surface area contributed by atoms with E-state index in [1.807, 2.05) is 51.9 Å². The van der Waals surface area contributed by atoms with E-state index in [0.29, 0.717) is 23.9 Å². The van der Waals surface area contributed by atoms with Gasteiger partial charge in [-0.15, -0.1) is 11.8 Å². The predicted octanol–water partition coefficient (Wildman–Crippen LogP) is 4.81. The minimum absolute atomic E-state index is 0.000414. The number of rotatable bonds is 6. The number of carbonyl (C=O) groups excluding carboxylic acids is 2. The molecule has 0 radical (unpaired) electrons. The Labute approximate surface area is 199 Å². The molecule has 0 N–H and O–H groups in total. The summed E-state index contributed by atoms with van der Waals surface area (Å²) in [5, 5.41) is 0.637. The lowest BCUT2D eigenvalue weighted by Gasteiger charge is -2.44. The van der Waals surface area contributed by atoms with Gasteiger partial charge in [0.25, 0.3) is 5.91 Å². The van der Waals surface area contributed by atoms with Crippen molar-refractivity contribution >= 4 is 35.2 Å². The van der Waals surface area contributed by atoms with Gasteiger partial charge < -0.3 is 14.5 Å². The van der Waals surface area contributed by atoms with Crippen molar-refractivity contribution < 1.29 is 14.3 Å². The van der Waals surface area contributed by atoms with Crippen molar-refractivity contribution in [1.82, 2.24) is 9.80 Å². The number of halogens is 1. The van der Waals surface area contributed by atoms with Gasteiger partial charge in [-0.2, -0.15) is 0 Å². The number of nitrogens with zero attached hydrogens (tertiary/aromatic N) is 2. The van der Waals surface area contributed by atoms with Crippen LogP contribution >= 0.6 is 23.4 Å². The molecule has 1 spiro atoms. The molecule has 5 nitrogen and oxygen atoms in total. The summed E-state index contributed by atoms with van der Waals surface area (Å²) in [6, 6.07) is 17.1. The van der Waals surface area contributed by atoms with Crippen LogP contribution < -0.4 is 4.74 Å². The third-order valence-corrected chi connectivity index (χ3v) is 8.22. The Morgan fingerprint density at radius 3 is 2.41 bits per heavy atom. The summed E-state index contributed by atoms with van der Waals surface area (Å²) >= 11 is 7.76. The third kappa shape index (κ3) is 4.91. The Hall–Kier alpha value is -2.18. The van der Waals surface area contributed by atoms with Gasteiger partial charge in [-0.3, -0.25) is 9.59 Å². The van der Waals surface area contributed by atoms with Gasteiger partial charge in [-0.05, 0) is 49.1 Å². The Kier molecular flexibility index (Phi) is 7.31. The van der Waals surface area contributed by atoms with E-state index in [4.69, 9.17) is 16.3 Å². The van der Waals surface area contributed by atoms with Crippen molar-refractivity contribution in [2.24, 2.45) is 0 Å². The molecule has 2 amide bonds. The Balaban J connectivity index is 1.36. The van der Waals surface area contributed by atoms with E-state index in [2.05, 4.69) is 6.92 Å². The first-order valence-corrected chi connectivity index (χ1v) is 12.6. The number of hydrogen-bond acceptors (Lipinski definition) is 4. The van der Waals surface area contributed by atoms with E-state index in [0.717, 1.165) is 37.1 Å². The minimum Gasteiger partial charge on any atom is -0.484 e. The molecule has 2 aliphatic rings. The van der Waals surface area contributed by atoms with Gasteiger partial charge in [0.2, 0.25) is 5.91 Å². The van der Waals surface area contributed by atoms with Crippen molar-refractivity contribution in [2.75, 3.05) is 32.0 Å². The highest BCUT2D eigenvalue weighted by molar-refractivity contribution is 8.00. The first-order valence-electron chi connectivity index (χ1n) is 11.2. The summed E-state index contributed by atoms with van der Waals surface area (Å²) in [5.41, 5.74) is 1.08. The van der Waals surface area contributed by atoms with E-state index in [1.165, 1.54) is 0 Å². The van der Waals surface area contributed by atoms with Crippen molar-refractivity contribution in [3.63, 3.8) is 0 Å². The lowest BCUT2D eigenvalue weighted by atomic mass is 9.93. The van der Waals surface area contributed by atoms with E-state index in [1.54, 1.807) is 24.3 Å². The van der Waals surface area contributed by atoms with Gasteiger partial charge in [0, 0.05) is 30.4 Å². The van der Waals surface area contributed by atoms with Crippen LogP contribution in [0.4, 0.5) is 0 Å². The number of thioether (sulfide) groups is 1. The van der Waals surface area contributed by atoms with Gasteiger partial charge in [0.05, 0.1) is 10.8 Å². The maximum absolute atomic E-state index is 13.2. The van der Waals surface area contributed by atoms with Crippen molar-refractivity contribution in [3.05, 3.63) is 65.2 Å². The number of benzene rings is 2. The number of carbonyl (C=O) groups is 2. The van der Waals surface area contributed by atoms with Crippen LogP contribution in [0.15, 0.2) is 54.6 Å². The monoisotopic (exact) mass is 472 g/mol. The average Bonchev–Trinajstić information content (AvgIpc) is 3.23. The molecule has 0 saturated carbocycles. The van der Waals surface area contributed by atoms with Crippen LogP contribution in [0.1, 0.15) is 37.7 Å². The lowest BCUT2D eigenvalue weighted by Crippen LogP contribution is -2.55. The van der Waals surface area contributed by atoms with Gasteiger partial charge >= 0.3 is 0 Å². The fourth-order valence-electron chi connectivity index (χ4n) is 4.66. The van der Waals surface area contributed by atoms with Gasteiger partial charge in [-0.1, -0.05) is 48.9 Å². The number of amides is 2. The molecule has 170 valence electrons. The smallest absolute Gasteiger partial charge is 0.261 e. The van der Waals surface area contributed by atoms with Crippen LogP contribution in [0.5, 0.6) is 5.75 Å². The van der Waals surface area contributed by atoms with Gasteiger partial charge in [-0.25, -0.2) is 0 Å². The second-order valence-corrected chi connectivity index (χ2v) is 10.2. The fraction of sp³-hybridized carbons (Fsp3) is 0.440. The predicted molar refractivity (Wildman–Crippen MR) is 129 cm³/mol. The van der Waals surface area contributed by atoms with Crippen molar-refractivity contribution in [3.8, 4) is 5.75 Å². The molecule has 32 heavy (non-hydrogen) atoms. The fourth-order valence-corrected chi connectivity index (χ4v) is 6.26. The number of ether oxygens (including phenoxy) is 1. The molecule has 2 saturated heterocycles. The molecule has 0 aromatic heterocycles. The number of likely N-dealkylation sites (tertiary alicyclic amines) is 1. The molecule has 2 fully saturated rings. The van der Waals surface area contributed by atoms with Crippen LogP contribution in [-0.2, 0) is 9.59 Å². The molecular formula is C25H29ClN2O3S. The summed E-state index contributed by atoms with van der Waals surface area (Å²) in [7, 11) is 0. The second kappa shape index (κ2) is 10.2. The highest BCUT2D eigenvalue weighted by Crippen LogP contribution is 2.44. The third-order valence-electron chi connectivity index (χ3n) is 6.42. The molecule has 2 aromatic carbocycles. The zero-order chi connectivity index (χ0) is 22.6. The lowest BCUT2D eigenvalue weighted by molar-refractivity contribution is -0.139. The number of piperidine rings is 1. The molecule has 7 heteroatoms. The zero-order valence-corrected chi connectivity index (χ0v) is 19.9. The molecule has 1 unspecified atom stereocenters. The van der Waals surface area contributed by atoms with E-state index < -0.39 is 0 Å². The van der Waals surface area contributed by atoms with Crippen molar-refractivity contribution in [2.45, 2.75) is 37.0 Å². The summed E-state index contributed by atoms with van der Waals surface area (Å²) < 4.78 is 5.70. The first kappa shape index (κ1) is 23.0. The molecular weight excluding hydrogens is 444 g/mol.